The van der Waals surface area contributed by atoms with Crippen LogP contribution in [0.1, 0.15) is 32.4 Å². The van der Waals surface area contributed by atoms with Gasteiger partial charge in [-0.1, -0.05) is 37.3 Å². The van der Waals surface area contributed by atoms with Crippen molar-refractivity contribution in [3.8, 4) is 0 Å². The van der Waals surface area contributed by atoms with Crippen molar-refractivity contribution in [2.24, 2.45) is 5.73 Å². The van der Waals surface area contributed by atoms with Gasteiger partial charge in [0.25, 0.3) is 0 Å². The molecule has 0 atom stereocenters. The zero-order valence-electron chi connectivity index (χ0n) is 17.6. The van der Waals surface area contributed by atoms with E-state index in [-0.39, 0.29) is 13.5 Å². The Kier molecular flexibility index (Phi) is 12.3. The molecule has 0 spiro atoms. The number of aromatic nitrogens is 3. The van der Waals surface area contributed by atoms with Crippen LogP contribution in [0.4, 0.5) is 17.8 Å². The second kappa shape index (κ2) is 14.5. The third-order valence-corrected chi connectivity index (χ3v) is 3.79. The Balaban J connectivity index is 0.00000450. The second-order valence-electron chi connectivity index (χ2n) is 6.88. The molecule has 5 N–H and O–H groups in total. The normalized spacial score (nSPS) is 10.6. The minimum Gasteiger partial charge on any atom is -0.378 e. The summed E-state index contributed by atoms with van der Waals surface area (Å²) in [5.74, 6) is 1.54. The molecule has 9 heteroatoms. The number of anilines is 3. The quantitative estimate of drug-likeness (QED) is 0.343. The van der Waals surface area contributed by atoms with Crippen LogP contribution in [0.5, 0.6) is 0 Å². The highest BCUT2D eigenvalue weighted by atomic mass is 16.5. The molecule has 0 aliphatic carbocycles. The van der Waals surface area contributed by atoms with Gasteiger partial charge in [-0.05, 0) is 26.3 Å². The number of rotatable bonds is 14. The molecule has 0 aliphatic rings. The summed E-state index contributed by atoms with van der Waals surface area (Å²) in [6.45, 7) is 10.0. The van der Waals surface area contributed by atoms with Gasteiger partial charge in [-0.3, -0.25) is 0 Å². The Hall–Kier alpha value is -2.49. The van der Waals surface area contributed by atoms with E-state index < -0.39 is 0 Å². The van der Waals surface area contributed by atoms with Crippen molar-refractivity contribution in [3.05, 3.63) is 35.4 Å². The van der Waals surface area contributed by atoms with Crippen LogP contribution < -0.4 is 21.7 Å². The van der Waals surface area contributed by atoms with Crippen LogP contribution in [0.3, 0.4) is 0 Å². The highest BCUT2D eigenvalue weighted by Gasteiger charge is 2.07. The number of nitrogens with one attached hydrogen (secondary N) is 3. The lowest BCUT2D eigenvalue weighted by Gasteiger charge is -2.13. The molecule has 2 rings (SSSR count). The molecule has 0 amide bonds. The lowest BCUT2D eigenvalue weighted by molar-refractivity contribution is 0.0547. The maximum atomic E-state index is 5.51. The van der Waals surface area contributed by atoms with Crippen molar-refractivity contribution in [3.63, 3.8) is 0 Å². The molecule has 1 heterocycles. The van der Waals surface area contributed by atoms with Crippen molar-refractivity contribution in [1.82, 2.24) is 15.0 Å². The standard InChI is InChI=1S/C20H33N7O2.CH4/c1-15(2)24-20-26-18(22-9-11-29-13-12-28-10-8-21)25-19(27-20)23-14-17-6-4-16(3)5-7-17;/h4-7,15H,8-14,21H2,1-3H3,(H3,22,23,24,25,26,27);1H4. The van der Waals surface area contributed by atoms with Crippen molar-refractivity contribution >= 4 is 17.8 Å². The molecule has 0 fully saturated rings. The number of nitrogens with two attached hydrogens (primary N) is 1. The molecule has 0 aliphatic heterocycles. The Morgan fingerprint density at radius 3 is 2.10 bits per heavy atom. The molecular weight excluding hydrogens is 382 g/mol. The van der Waals surface area contributed by atoms with E-state index >= 15 is 0 Å². The smallest absolute Gasteiger partial charge is 0.229 e. The fourth-order valence-electron chi connectivity index (χ4n) is 2.38. The molecule has 0 radical (unpaired) electrons. The molecule has 0 saturated heterocycles. The first-order valence-electron chi connectivity index (χ1n) is 9.98. The summed E-state index contributed by atoms with van der Waals surface area (Å²) in [7, 11) is 0. The van der Waals surface area contributed by atoms with Crippen molar-refractivity contribution in [2.75, 3.05) is 55.5 Å². The number of hydrogen-bond acceptors (Lipinski definition) is 9. The van der Waals surface area contributed by atoms with Gasteiger partial charge >= 0.3 is 0 Å². The highest BCUT2D eigenvalue weighted by Crippen LogP contribution is 2.12. The van der Waals surface area contributed by atoms with Crippen molar-refractivity contribution in [1.29, 1.82) is 0 Å². The maximum Gasteiger partial charge on any atom is 0.229 e. The highest BCUT2D eigenvalue weighted by molar-refractivity contribution is 5.43. The van der Waals surface area contributed by atoms with E-state index in [0.717, 1.165) is 5.56 Å². The van der Waals surface area contributed by atoms with Crippen LogP contribution in [0.15, 0.2) is 24.3 Å². The topological polar surface area (TPSA) is 119 Å². The Morgan fingerprint density at radius 1 is 0.867 bits per heavy atom. The van der Waals surface area contributed by atoms with Crippen LogP contribution in [-0.2, 0) is 16.0 Å². The first kappa shape index (κ1) is 25.5. The average Bonchev–Trinajstić information content (AvgIpc) is 2.69. The zero-order chi connectivity index (χ0) is 20.9. The van der Waals surface area contributed by atoms with Crippen LogP contribution >= 0.6 is 0 Å². The molecule has 0 saturated carbocycles. The number of benzene rings is 1. The van der Waals surface area contributed by atoms with E-state index in [1.54, 1.807) is 0 Å². The molecule has 1 aromatic heterocycles. The summed E-state index contributed by atoms with van der Waals surface area (Å²) in [5, 5.41) is 9.66. The molecule has 0 bridgehead atoms. The number of nitrogens with zero attached hydrogens (tertiary/aromatic N) is 3. The largest absolute Gasteiger partial charge is 0.378 e. The molecule has 1 aromatic carbocycles. The van der Waals surface area contributed by atoms with Gasteiger partial charge in [0.1, 0.15) is 0 Å². The van der Waals surface area contributed by atoms with Crippen LogP contribution in [0.25, 0.3) is 0 Å². The Labute approximate surface area is 180 Å². The van der Waals surface area contributed by atoms with Gasteiger partial charge in [0.05, 0.1) is 26.4 Å². The SMILES string of the molecule is C.Cc1ccc(CNc2nc(NCCOCCOCCN)nc(NC(C)C)n2)cc1. The van der Waals surface area contributed by atoms with Gasteiger partial charge in [0.15, 0.2) is 0 Å². The molecule has 9 nitrogen and oxygen atoms in total. The second-order valence-corrected chi connectivity index (χ2v) is 6.88. The third kappa shape index (κ3) is 10.3. The molecule has 30 heavy (non-hydrogen) atoms. The fourth-order valence-corrected chi connectivity index (χ4v) is 2.38. The molecule has 168 valence electrons. The van der Waals surface area contributed by atoms with Gasteiger partial charge in [0, 0.05) is 25.7 Å². The average molecular weight is 420 g/mol. The van der Waals surface area contributed by atoms with E-state index in [0.29, 0.717) is 63.9 Å². The summed E-state index contributed by atoms with van der Waals surface area (Å²) in [6, 6.07) is 8.57. The molecule has 0 unspecified atom stereocenters. The van der Waals surface area contributed by atoms with Gasteiger partial charge in [-0.25, -0.2) is 0 Å². The minimum absolute atomic E-state index is 0. The Morgan fingerprint density at radius 2 is 1.47 bits per heavy atom. The van der Waals surface area contributed by atoms with E-state index in [1.807, 2.05) is 13.8 Å². The van der Waals surface area contributed by atoms with Crippen LogP contribution in [0, 0.1) is 6.92 Å². The van der Waals surface area contributed by atoms with E-state index in [2.05, 4.69) is 62.1 Å². The predicted molar refractivity (Wildman–Crippen MR) is 123 cm³/mol. The number of aryl methyl sites for hydroxylation is 1. The lowest BCUT2D eigenvalue weighted by atomic mass is 10.1. The van der Waals surface area contributed by atoms with Gasteiger partial charge in [-0.2, -0.15) is 15.0 Å². The van der Waals surface area contributed by atoms with Crippen LogP contribution in [-0.4, -0.2) is 60.5 Å². The van der Waals surface area contributed by atoms with E-state index in [9.17, 15) is 0 Å². The minimum atomic E-state index is 0. The zero-order valence-corrected chi connectivity index (χ0v) is 17.6. The van der Waals surface area contributed by atoms with Gasteiger partial charge in [0.2, 0.25) is 17.8 Å². The van der Waals surface area contributed by atoms with Gasteiger partial charge < -0.3 is 31.2 Å². The summed E-state index contributed by atoms with van der Waals surface area (Å²) in [5.41, 5.74) is 7.76. The van der Waals surface area contributed by atoms with Crippen molar-refractivity contribution < 1.29 is 9.47 Å². The first-order chi connectivity index (χ1) is 14.1. The summed E-state index contributed by atoms with van der Waals surface area (Å²) in [6.07, 6.45) is 0. The predicted octanol–water partition coefficient (Wildman–Crippen LogP) is 2.65. The third-order valence-electron chi connectivity index (χ3n) is 3.79. The number of ether oxygens (including phenoxy) is 2. The van der Waals surface area contributed by atoms with Gasteiger partial charge in [-0.15, -0.1) is 0 Å². The van der Waals surface area contributed by atoms with E-state index in [4.69, 9.17) is 15.2 Å². The number of hydrogen-bond donors (Lipinski definition) is 4. The Bertz CT molecular complexity index is 711. The summed E-state index contributed by atoms with van der Waals surface area (Å²) in [4.78, 5) is 13.3. The summed E-state index contributed by atoms with van der Waals surface area (Å²) >= 11 is 0. The van der Waals surface area contributed by atoms with E-state index in [1.165, 1.54) is 5.56 Å². The maximum absolute atomic E-state index is 5.51. The first-order valence-corrected chi connectivity index (χ1v) is 9.98. The van der Waals surface area contributed by atoms with Crippen LogP contribution in [0.2, 0.25) is 0 Å². The summed E-state index contributed by atoms with van der Waals surface area (Å²) < 4.78 is 10.8. The molecular formula is C21H37N7O2. The van der Waals surface area contributed by atoms with Crippen molar-refractivity contribution in [2.45, 2.75) is 40.8 Å². The fraction of sp³-hybridized carbons (Fsp3) is 0.571. The lowest BCUT2D eigenvalue weighted by Crippen LogP contribution is -2.18. The monoisotopic (exact) mass is 419 g/mol. The molecule has 2 aromatic rings.